The van der Waals surface area contributed by atoms with Gasteiger partial charge in [0, 0.05) is 25.2 Å². The van der Waals surface area contributed by atoms with Crippen LogP contribution in [0.5, 0.6) is 0 Å². The van der Waals surface area contributed by atoms with Crippen molar-refractivity contribution in [1.29, 1.82) is 0 Å². The van der Waals surface area contributed by atoms with Gasteiger partial charge in [0.25, 0.3) is 0 Å². The number of amides is 1. The van der Waals surface area contributed by atoms with Crippen LogP contribution in [0.25, 0.3) is 0 Å². The summed E-state index contributed by atoms with van der Waals surface area (Å²) in [7, 11) is 0. The normalized spacial score (nSPS) is 18.3. The molecule has 2 rings (SSSR count). The molecule has 1 aliphatic rings. The molecule has 1 amide bonds. The summed E-state index contributed by atoms with van der Waals surface area (Å²) < 4.78 is 0. The van der Waals surface area contributed by atoms with Gasteiger partial charge in [-0.2, -0.15) is 0 Å². The third kappa shape index (κ3) is 3.70. The number of anilines is 1. The molecule has 0 radical (unpaired) electrons. The van der Waals surface area contributed by atoms with Crippen LogP contribution in [0.4, 0.5) is 5.69 Å². The Morgan fingerprint density at radius 2 is 1.95 bits per heavy atom. The molecule has 1 saturated heterocycles. The van der Waals surface area contributed by atoms with E-state index in [0.29, 0.717) is 12.3 Å². The predicted molar refractivity (Wildman–Crippen MR) is 75.8 cm³/mol. The van der Waals surface area contributed by atoms with Gasteiger partial charge < -0.3 is 15.7 Å². The van der Waals surface area contributed by atoms with Crippen LogP contribution in [-0.2, 0) is 4.79 Å². The van der Waals surface area contributed by atoms with Crippen LogP contribution in [-0.4, -0.2) is 24.1 Å². The number of piperidine rings is 1. The molecule has 3 N–H and O–H groups in total. The number of carbonyl (C=O) groups is 1. The van der Waals surface area contributed by atoms with E-state index in [9.17, 15) is 9.90 Å². The molecule has 19 heavy (non-hydrogen) atoms. The molecule has 1 fully saturated rings. The fraction of sp³-hybridized carbons (Fsp3) is 0.533. The van der Waals surface area contributed by atoms with Crippen molar-refractivity contribution in [2.45, 2.75) is 32.3 Å². The lowest BCUT2D eigenvalue weighted by molar-refractivity contribution is -0.119. The van der Waals surface area contributed by atoms with E-state index >= 15 is 0 Å². The van der Waals surface area contributed by atoms with Crippen LogP contribution in [0.3, 0.4) is 0 Å². The Morgan fingerprint density at radius 1 is 1.37 bits per heavy atom. The van der Waals surface area contributed by atoms with Crippen molar-refractivity contribution >= 4 is 11.6 Å². The van der Waals surface area contributed by atoms with Crippen LogP contribution >= 0.6 is 0 Å². The van der Waals surface area contributed by atoms with Gasteiger partial charge >= 0.3 is 0 Å². The lowest BCUT2D eigenvalue weighted by Gasteiger charge is -2.33. The Labute approximate surface area is 114 Å². The van der Waals surface area contributed by atoms with Gasteiger partial charge in [-0.25, -0.2) is 0 Å². The van der Waals surface area contributed by atoms with Gasteiger partial charge in [0.1, 0.15) is 0 Å². The molecule has 1 aliphatic heterocycles. The monoisotopic (exact) mass is 262 g/mol. The first-order valence-corrected chi connectivity index (χ1v) is 6.87. The maximum absolute atomic E-state index is 10.9. The molecular weight excluding hydrogens is 240 g/mol. The summed E-state index contributed by atoms with van der Waals surface area (Å²) in [6.45, 7) is 3.70. The minimum atomic E-state index is -0.421. The number of aliphatic hydroxyl groups is 1. The number of nitrogens with two attached hydrogens (primary N) is 1. The first kappa shape index (κ1) is 13.9. The number of benzene rings is 1. The molecule has 104 valence electrons. The molecule has 0 saturated carbocycles. The van der Waals surface area contributed by atoms with Crippen molar-refractivity contribution in [2.75, 3.05) is 18.0 Å². The summed E-state index contributed by atoms with van der Waals surface area (Å²) in [4.78, 5) is 13.2. The van der Waals surface area contributed by atoms with E-state index in [4.69, 9.17) is 5.73 Å². The van der Waals surface area contributed by atoms with Gasteiger partial charge in [0.2, 0.25) is 5.91 Å². The highest BCUT2D eigenvalue weighted by molar-refractivity contribution is 5.74. The summed E-state index contributed by atoms with van der Waals surface area (Å²) in [5.41, 5.74) is 7.36. The van der Waals surface area contributed by atoms with Crippen LogP contribution in [0.2, 0.25) is 0 Å². The standard InChI is InChI=1S/C15H22N2O2/c1-11(18)13-2-4-14(5-3-13)17-8-6-12(7-9-17)10-15(16)19/h2-5,11-12,18H,6-10H2,1H3,(H2,16,19)/t11-/m0/s1. The van der Waals surface area contributed by atoms with Crippen molar-refractivity contribution in [3.63, 3.8) is 0 Å². The zero-order chi connectivity index (χ0) is 13.8. The van der Waals surface area contributed by atoms with Crippen LogP contribution in [0, 0.1) is 5.92 Å². The second kappa shape index (κ2) is 6.06. The zero-order valence-electron chi connectivity index (χ0n) is 11.4. The van der Waals surface area contributed by atoms with E-state index in [1.807, 2.05) is 12.1 Å². The Bertz CT molecular complexity index is 420. The third-order valence-corrected chi connectivity index (χ3v) is 3.85. The van der Waals surface area contributed by atoms with Gasteiger partial charge in [-0.3, -0.25) is 4.79 Å². The highest BCUT2D eigenvalue weighted by Crippen LogP contribution is 2.26. The molecule has 1 aromatic carbocycles. The molecule has 0 unspecified atom stereocenters. The quantitative estimate of drug-likeness (QED) is 0.870. The Morgan fingerprint density at radius 3 is 2.42 bits per heavy atom. The van der Waals surface area contributed by atoms with Crippen molar-refractivity contribution in [2.24, 2.45) is 11.7 Å². The molecule has 0 aliphatic carbocycles. The Kier molecular flexibility index (Phi) is 4.43. The smallest absolute Gasteiger partial charge is 0.217 e. The lowest BCUT2D eigenvalue weighted by atomic mass is 9.93. The molecule has 0 bridgehead atoms. The van der Waals surface area contributed by atoms with Crippen LogP contribution in [0.1, 0.15) is 37.9 Å². The highest BCUT2D eigenvalue weighted by atomic mass is 16.3. The second-order valence-corrected chi connectivity index (χ2v) is 5.37. The van der Waals surface area contributed by atoms with Crippen molar-refractivity contribution in [3.05, 3.63) is 29.8 Å². The van der Waals surface area contributed by atoms with E-state index in [0.717, 1.165) is 31.5 Å². The maximum atomic E-state index is 10.9. The van der Waals surface area contributed by atoms with Crippen LogP contribution < -0.4 is 10.6 Å². The molecule has 1 aromatic rings. The molecule has 1 heterocycles. The van der Waals surface area contributed by atoms with Gasteiger partial charge in [-0.05, 0) is 43.4 Å². The molecule has 4 nitrogen and oxygen atoms in total. The van der Waals surface area contributed by atoms with Crippen molar-refractivity contribution in [3.8, 4) is 0 Å². The maximum Gasteiger partial charge on any atom is 0.217 e. The van der Waals surface area contributed by atoms with Gasteiger partial charge in [-0.15, -0.1) is 0 Å². The first-order chi connectivity index (χ1) is 9.06. The fourth-order valence-electron chi connectivity index (χ4n) is 2.64. The van der Waals surface area contributed by atoms with Crippen molar-refractivity contribution in [1.82, 2.24) is 0 Å². The first-order valence-electron chi connectivity index (χ1n) is 6.87. The number of hydrogen-bond donors (Lipinski definition) is 2. The zero-order valence-corrected chi connectivity index (χ0v) is 11.4. The minimum Gasteiger partial charge on any atom is -0.389 e. The average molecular weight is 262 g/mol. The summed E-state index contributed by atoms with van der Waals surface area (Å²) >= 11 is 0. The van der Waals surface area contributed by atoms with Gasteiger partial charge in [-0.1, -0.05) is 12.1 Å². The summed E-state index contributed by atoms with van der Waals surface area (Å²) in [5.74, 6) is 0.241. The molecule has 0 spiro atoms. The van der Waals surface area contributed by atoms with E-state index < -0.39 is 6.10 Å². The number of primary amides is 1. The number of aliphatic hydroxyl groups excluding tert-OH is 1. The lowest BCUT2D eigenvalue weighted by Crippen LogP contribution is -2.35. The molecule has 4 heteroatoms. The topological polar surface area (TPSA) is 66.6 Å². The number of carbonyl (C=O) groups excluding carboxylic acids is 1. The summed E-state index contributed by atoms with van der Waals surface area (Å²) in [6, 6.07) is 8.04. The number of hydrogen-bond acceptors (Lipinski definition) is 3. The second-order valence-electron chi connectivity index (χ2n) is 5.37. The van der Waals surface area contributed by atoms with Gasteiger partial charge in [0.15, 0.2) is 0 Å². The molecule has 1 atom stereocenters. The van der Waals surface area contributed by atoms with Crippen molar-refractivity contribution < 1.29 is 9.90 Å². The summed E-state index contributed by atoms with van der Waals surface area (Å²) in [6.07, 6.45) is 2.12. The highest BCUT2D eigenvalue weighted by Gasteiger charge is 2.20. The van der Waals surface area contributed by atoms with Gasteiger partial charge in [0.05, 0.1) is 6.10 Å². The Balaban J connectivity index is 1.92. The SMILES string of the molecule is C[C@H](O)c1ccc(N2CCC(CC(N)=O)CC2)cc1. The average Bonchev–Trinajstić information content (AvgIpc) is 2.39. The van der Waals surface area contributed by atoms with E-state index in [1.165, 1.54) is 5.69 Å². The largest absolute Gasteiger partial charge is 0.389 e. The van der Waals surface area contributed by atoms with E-state index in [2.05, 4.69) is 17.0 Å². The molecule has 0 aromatic heterocycles. The fourth-order valence-corrected chi connectivity index (χ4v) is 2.64. The van der Waals surface area contributed by atoms with Crippen LogP contribution in [0.15, 0.2) is 24.3 Å². The van der Waals surface area contributed by atoms with E-state index in [-0.39, 0.29) is 5.91 Å². The third-order valence-electron chi connectivity index (χ3n) is 3.85. The summed E-state index contributed by atoms with van der Waals surface area (Å²) in [5, 5.41) is 9.49. The minimum absolute atomic E-state index is 0.195. The number of rotatable bonds is 4. The molecular formula is C15H22N2O2. The number of nitrogens with zero attached hydrogens (tertiary/aromatic N) is 1. The van der Waals surface area contributed by atoms with E-state index in [1.54, 1.807) is 6.92 Å². The predicted octanol–water partition coefficient (Wildman–Crippen LogP) is 1.83. The Hall–Kier alpha value is -1.55.